The molecular weight excluding hydrogens is 263 g/mol. The molecule has 2 rings (SSSR count). The molecule has 0 bridgehead atoms. The van der Waals surface area contributed by atoms with Gasteiger partial charge in [-0.1, -0.05) is 31.5 Å². The van der Waals surface area contributed by atoms with E-state index in [9.17, 15) is 9.50 Å². The minimum atomic E-state index is -0.307. The average molecular weight is 285 g/mol. The van der Waals surface area contributed by atoms with Gasteiger partial charge in [-0.3, -0.25) is 0 Å². The van der Waals surface area contributed by atoms with Gasteiger partial charge in [-0.25, -0.2) is 4.39 Å². The first-order valence-corrected chi connectivity index (χ1v) is 7.47. The Morgan fingerprint density at radius 3 is 2.74 bits per heavy atom. The fourth-order valence-corrected chi connectivity index (χ4v) is 3.32. The van der Waals surface area contributed by atoms with Gasteiger partial charge in [0.2, 0.25) is 0 Å². The van der Waals surface area contributed by atoms with E-state index in [-0.39, 0.29) is 17.8 Å². The van der Waals surface area contributed by atoms with Crippen LogP contribution in [0.5, 0.6) is 0 Å². The molecule has 1 N–H and O–H groups in total. The predicted molar refractivity (Wildman–Crippen MR) is 76.8 cm³/mol. The van der Waals surface area contributed by atoms with E-state index >= 15 is 0 Å². The van der Waals surface area contributed by atoms with Gasteiger partial charge in [0.1, 0.15) is 5.82 Å². The van der Waals surface area contributed by atoms with Crippen LogP contribution in [-0.4, -0.2) is 11.2 Å². The zero-order valence-corrected chi connectivity index (χ0v) is 12.3. The summed E-state index contributed by atoms with van der Waals surface area (Å²) in [7, 11) is 0. The van der Waals surface area contributed by atoms with Crippen LogP contribution >= 0.6 is 11.6 Å². The second-order valence-electron chi connectivity index (χ2n) is 6.08. The third-order valence-corrected chi connectivity index (χ3v) is 4.77. The van der Waals surface area contributed by atoms with Crippen LogP contribution in [0, 0.1) is 23.6 Å². The highest BCUT2D eigenvalue weighted by Crippen LogP contribution is 2.36. The summed E-state index contributed by atoms with van der Waals surface area (Å²) in [5.41, 5.74) is 0.941. The van der Waals surface area contributed by atoms with Gasteiger partial charge in [0.15, 0.2) is 0 Å². The summed E-state index contributed by atoms with van der Waals surface area (Å²) in [5, 5.41) is 10.6. The molecule has 106 valence electrons. The largest absolute Gasteiger partial charge is 0.393 e. The molecule has 0 spiro atoms. The Bertz CT molecular complexity index is 433. The molecule has 3 unspecified atom stereocenters. The number of rotatable bonds is 3. The van der Waals surface area contributed by atoms with E-state index in [1.165, 1.54) is 12.1 Å². The zero-order chi connectivity index (χ0) is 14.0. The lowest BCUT2D eigenvalue weighted by molar-refractivity contribution is 0.0378. The molecule has 1 aromatic carbocycles. The summed E-state index contributed by atoms with van der Waals surface area (Å²) in [6, 6.07) is 4.53. The van der Waals surface area contributed by atoms with Crippen molar-refractivity contribution >= 4 is 11.6 Å². The number of hydrogen-bond donors (Lipinski definition) is 1. The quantitative estimate of drug-likeness (QED) is 0.869. The lowest BCUT2D eigenvalue weighted by Gasteiger charge is -2.35. The minimum Gasteiger partial charge on any atom is -0.393 e. The first kappa shape index (κ1) is 14.8. The van der Waals surface area contributed by atoms with Crippen molar-refractivity contribution in [2.75, 3.05) is 0 Å². The highest BCUT2D eigenvalue weighted by Gasteiger charge is 2.30. The van der Waals surface area contributed by atoms with Gasteiger partial charge in [-0.15, -0.1) is 0 Å². The molecule has 1 fully saturated rings. The predicted octanol–water partition coefficient (Wildman–Crippen LogP) is 4.45. The summed E-state index contributed by atoms with van der Waals surface area (Å²) in [4.78, 5) is 0. The molecule has 19 heavy (non-hydrogen) atoms. The third kappa shape index (κ3) is 3.70. The zero-order valence-electron chi connectivity index (χ0n) is 11.6. The third-order valence-electron chi connectivity index (χ3n) is 4.42. The summed E-state index contributed by atoms with van der Waals surface area (Å²) in [5.74, 6) is 1.26. The Morgan fingerprint density at radius 2 is 2.11 bits per heavy atom. The van der Waals surface area contributed by atoms with Crippen LogP contribution in [0.25, 0.3) is 0 Å². The second kappa shape index (κ2) is 6.23. The number of hydrogen-bond acceptors (Lipinski definition) is 1. The lowest BCUT2D eigenvalue weighted by Crippen LogP contribution is -2.32. The topological polar surface area (TPSA) is 20.2 Å². The molecule has 1 aliphatic rings. The van der Waals surface area contributed by atoms with Gasteiger partial charge in [0, 0.05) is 5.02 Å². The van der Waals surface area contributed by atoms with E-state index in [1.807, 2.05) is 0 Å². The molecular formula is C16H22ClFO. The highest BCUT2D eigenvalue weighted by atomic mass is 35.5. The van der Waals surface area contributed by atoms with Gasteiger partial charge in [-0.05, 0) is 61.1 Å². The Hall–Kier alpha value is -0.600. The monoisotopic (exact) mass is 284 g/mol. The van der Waals surface area contributed by atoms with Crippen molar-refractivity contribution in [1.82, 2.24) is 0 Å². The van der Waals surface area contributed by atoms with Crippen molar-refractivity contribution in [3.8, 4) is 0 Å². The van der Waals surface area contributed by atoms with Gasteiger partial charge in [0.05, 0.1) is 6.10 Å². The van der Waals surface area contributed by atoms with Crippen LogP contribution in [0.15, 0.2) is 18.2 Å². The highest BCUT2D eigenvalue weighted by molar-refractivity contribution is 6.31. The maximum absolute atomic E-state index is 13.0. The van der Waals surface area contributed by atoms with Gasteiger partial charge >= 0.3 is 0 Å². The number of aliphatic hydroxyl groups excluding tert-OH is 1. The van der Waals surface area contributed by atoms with Crippen LogP contribution in [0.2, 0.25) is 5.02 Å². The maximum Gasteiger partial charge on any atom is 0.124 e. The standard InChI is InChI=1S/C16H22ClFO/c1-10(2)11-4-6-16(19)13(7-11)8-12-3-5-14(18)9-15(12)17/h3,5,9-11,13,16,19H,4,6-8H2,1-2H3. The van der Waals surface area contributed by atoms with E-state index in [0.29, 0.717) is 16.9 Å². The number of benzene rings is 1. The fraction of sp³-hybridized carbons (Fsp3) is 0.625. The molecule has 0 heterocycles. The Labute approximate surface area is 119 Å². The molecule has 3 atom stereocenters. The van der Waals surface area contributed by atoms with E-state index in [4.69, 9.17) is 11.6 Å². The summed E-state index contributed by atoms with van der Waals surface area (Å²) in [6.07, 6.45) is 3.49. The summed E-state index contributed by atoms with van der Waals surface area (Å²) < 4.78 is 13.0. The van der Waals surface area contributed by atoms with E-state index in [0.717, 1.165) is 31.2 Å². The first-order chi connectivity index (χ1) is 8.97. The van der Waals surface area contributed by atoms with Crippen LogP contribution in [0.3, 0.4) is 0 Å². The molecule has 1 aliphatic carbocycles. The van der Waals surface area contributed by atoms with Crippen LogP contribution in [-0.2, 0) is 6.42 Å². The summed E-state index contributed by atoms with van der Waals surface area (Å²) >= 11 is 6.07. The molecule has 0 radical (unpaired) electrons. The van der Waals surface area contributed by atoms with Gasteiger partial charge in [0.25, 0.3) is 0 Å². The van der Waals surface area contributed by atoms with E-state index < -0.39 is 0 Å². The van der Waals surface area contributed by atoms with Crippen LogP contribution < -0.4 is 0 Å². The SMILES string of the molecule is CC(C)C1CCC(O)C(Cc2ccc(F)cc2Cl)C1. The van der Waals surface area contributed by atoms with Crippen molar-refractivity contribution < 1.29 is 9.50 Å². The molecule has 3 heteroatoms. The van der Waals surface area contributed by atoms with Crippen molar-refractivity contribution in [3.05, 3.63) is 34.6 Å². The number of halogens is 2. The van der Waals surface area contributed by atoms with E-state index in [1.54, 1.807) is 6.07 Å². The minimum absolute atomic E-state index is 0.240. The Morgan fingerprint density at radius 1 is 1.37 bits per heavy atom. The van der Waals surface area contributed by atoms with Crippen LogP contribution in [0.1, 0.15) is 38.7 Å². The molecule has 1 nitrogen and oxygen atoms in total. The molecule has 1 aromatic rings. The molecule has 0 aliphatic heterocycles. The van der Waals surface area contributed by atoms with Gasteiger partial charge in [-0.2, -0.15) is 0 Å². The lowest BCUT2D eigenvalue weighted by atomic mass is 9.73. The van der Waals surface area contributed by atoms with E-state index in [2.05, 4.69) is 13.8 Å². The number of aliphatic hydroxyl groups is 1. The second-order valence-corrected chi connectivity index (χ2v) is 6.49. The smallest absolute Gasteiger partial charge is 0.124 e. The molecule has 0 aromatic heterocycles. The Balaban J connectivity index is 2.07. The fourth-order valence-electron chi connectivity index (χ4n) is 3.08. The summed E-state index contributed by atoms with van der Waals surface area (Å²) in [6.45, 7) is 4.48. The van der Waals surface area contributed by atoms with Crippen LogP contribution in [0.4, 0.5) is 4.39 Å². The van der Waals surface area contributed by atoms with Gasteiger partial charge < -0.3 is 5.11 Å². The van der Waals surface area contributed by atoms with Crippen molar-refractivity contribution in [3.63, 3.8) is 0 Å². The molecule has 0 amide bonds. The average Bonchev–Trinajstić information content (AvgIpc) is 2.34. The van der Waals surface area contributed by atoms with Crippen molar-refractivity contribution in [2.45, 2.75) is 45.6 Å². The molecule has 1 saturated carbocycles. The van der Waals surface area contributed by atoms with Crippen molar-refractivity contribution in [1.29, 1.82) is 0 Å². The maximum atomic E-state index is 13.0. The Kier molecular flexibility index (Phi) is 4.86. The normalized spacial score (nSPS) is 27.8. The molecule has 0 saturated heterocycles. The van der Waals surface area contributed by atoms with Crippen molar-refractivity contribution in [2.24, 2.45) is 17.8 Å². The first-order valence-electron chi connectivity index (χ1n) is 7.09.